The second-order valence-electron chi connectivity index (χ2n) is 4.53. The SMILES string of the molecule is CCOC(=O)C[C@H](N)c1ccc(N(CC)CC)cc1O.Cl. The van der Waals surface area contributed by atoms with Crippen molar-refractivity contribution in [2.45, 2.75) is 33.2 Å². The number of carbonyl (C=O) groups is 1. The molecule has 0 aromatic heterocycles. The molecule has 5 nitrogen and oxygen atoms in total. The number of phenolic OH excluding ortho intramolecular Hbond substituents is 1. The third-order valence-electron chi connectivity index (χ3n) is 3.23. The molecule has 0 amide bonds. The largest absolute Gasteiger partial charge is 0.508 e. The summed E-state index contributed by atoms with van der Waals surface area (Å²) >= 11 is 0. The molecule has 1 aromatic carbocycles. The summed E-state index contributed by atoms with van der Waals surface area (Å²) in [7, 11) is 0. The van der Waals surface area contributed by atoms with Crippen molar-refractivity contribution >= 4 is 24.1 Å². The molecule has 0 radical (unpaired) electrons. The van der Waals surface area contributed by atoms with Crippen LogP contribution in [0.15, 0.2) is 18.2 Å². The standard InChI is InChI=1S/C15H24N2O3.ClH/c1-4-17(5-2)11-7-8-12(14(18)9-11)13(16)10-15(19)20-6-3;/h7-9,13,18H,4-6,10,16H2,1-3H3;1H/t13-;/m0./s1. The third-order valence-corrected chi connectivity index (χ3v) is 3.23. The number of ether oxygens (including phenoxy) is 1. The van der Waals surface area contributed by atoms with Crippen LogP contribution in [-0.2, 0) is 9.53 Å². The van der Waals surface area contributed by atoms with Crippen LogP contribution in [0.4, 0.5) is 5.69 Å². The van der Waals surface area contributed by atoms with Crippen molar-refractivity contribution in [3.05, 3.63) is 23.8 Å². The summed E-state index contributed by atoms with van der Waals surface area (Å²) in [6, 6.07) is 4.81. The van der Waals surface area contributed by atoms with Gasteiger partial charge in [-0.3, -0.25) is 4.79 Å². The van der Waals surface area contributed by atoms with Crippen LogP contribution < -0.4 is 10.6 Å². The molecule has 0 saturated heterocycles. The Labute approximate surface area is 132 Å². The third kappa shape index (κ3) is 5.44. The first-order valence-corrected chi connectivity index (χ1v) is 7.02. The number of rotatable bonds is 7. The predicted octanol–water partition coefficient (Wildman–Crippen LogP) is 2.61. The molecule has 0 saturated carbocycles. The average Bonchev–Trinajstić information content (AvgIpc) is 2.40. The van der Waals surface area contributed by atoms with E-state index in [1.54, 1.807) is 19.1 Å². The molecule has 1 rings (SSSR count). The van der Waals surface area contributed by atoms with Gasteiger partial charge in [0.2, 0.25) is 0 Å². The van der Waals surface area contributed by atoms with E-state index in [9.17, 15) is 9.90 Å². The molecule has 6 heteroatoms. The number of aromatic hydroxyl groups is 1. The highest BCUT2D eigenvalue weighted by Crippen LogP contribution is 2.29. The second-order valence-corrected chi connectivity index (χ2v) is 4.53. The van der Waals surface area contributed by atoms with E-state index in [2.05, 4.69) is 18.7 Å². The molecule has 1 atom stereocenters. The normalized spacial score (nSPS) is 11.4. The lowest BCUT2D eigenvalue weighted by molar-refractivity contribution is -0.143. The van der Waals surface area contributed by atoms with E-state index in [0.29, 0.717) is 12.2 Å². The maximum atomic E-state index is 11.4. The molecule has 0 fully saturated rings. The molecule has 3 N–H and O–H groups in total. The van der Waals surface area contributed by atoms with Crippen molar-refractivity contribution in [1.82, 2.24) is 0 Å². The highest BCUT2D eigenvalue weighted by atomic mass is 35.5. The van der Waals surface area contributed by atoms with Gasteiger partial charge in [0.25, 0.3) is 0 Å². The molecule has 0 aliphatic carbocycles. The van der Waals surface area contributed by atoms with Crippen LogP contribution in [0, 0.1) is 0 Å². The fraction of sp³-hybridized carbons (Fsp3) is 0.533. The smallest absolute Gasteiger partial charge is 0.307 e. The van der Waals surface area contributed by atoms with Crippen LogP contribution in [-0.4, -0.2) is 30.8 Å². The van der Waals surface area contributed by atoms with E-state index in [1.807, 2.05) is 6.07 Å². The molecule has 21 heavy (non-hydrogen) atoms. The Bertz CT molecular complexity index is 451. The van der Waals surface area contributed by atoms with E-state index >= 15 is 0 Å². The fourth-order valence-corrected chi connectivity index (χ4v) is 2.14. The number of halogens is 1. The van der Waals surface area contributed by atoms with Crippen LogP contribution >= 0.6 is 12.4 Å². The topological polar surface area (TPSA) is 75.8 Å². The van der Waals surface area contributed by atoms with Gasteiger partial charge in [-0.15, -0.1) is 12.4 Å². The lowest BCUT2D eigenvalue weighted by Crippen LogP contribution is -2.22. The van der Waals surface area contributed by atoms with Crippen LogP contribution in [0.25, 0.3) is 0 Å². The van der Waals surface area contributed by atoms with Gasteiger partial charge >= 0.3 is 5.97 Å². The Morgan fingerprint density at radius 3 is 2.43 bits per heavy atom. The van der Waals surface area contributed by atoms with Gasteiger partial charge in [-0.2, -0.15) is 0 Å². The lowest BCUT2D eigenvalue weighted by atomic mass is 10.0. The van der Waals surface area contributed by atoms with E-state index in [-0.39, 0.29) is 30.5 Å². The van der Waals surface area contributed by atoms with Gasteiger partial charge < -0.3 is 20.5 Å². The van der Waals surface area contributed by atoms with Crippen molar-refractivity contribution < 1.29 is 14.6 Å². The predicted molar refractivity (Wildman–Crippen MR) is 87.1 cm³/mol. The average molecular weight is 317 g/mol. The first-order valence-electron chi connectivity index (χ1n) is 7.02. The summed E-state index contributed by atoms with van der Waals surface area (Å²) < 4.78 is 4.86. The summed E-state index contributed by atoms with van der Waals surface area (Å²) in [4.78, 5) is 13.5. The number of hydrogen-bond acceptors (Lipinski definition) is 5. The number of nitrogens with two attached hydrogens (primary N) is 1. The minimum Gasteiger partial charge on any atom is -0.508 e. The van der Waals surface area contributed by atoms with Crippen molar-refractivity contribution in [3.8, 4) is 5.75 Å². The second kappa shape index (κ2) is 9.47. The summed E-state index contributed by atoms with van der Waals surface area (Å²) in [5, 5.41) is 10.1. The summed E-state index contributed by atoms with van der Waals surface area (Å²) in [5.41, 5.74) is 7.45. The minimum atomic E-state index is -0.556. The Morgan fingerprint density at radius 2 is 1.95 bits per heavy atom. The monoisotopic (exact) mass is 316 g/mol. The zero-order valence-corrected chi connectivity index (χ0v) is 13.7. The fourth-order valence-electron chi connectivity index (χ4n) is 2.14. The van der Waals surface area contributed by atoms with Crippen molar-refractivity contribution in [2.75, 3.05) is 24.6 Å². The van der Waals surface area contributed by atoms with Gasteiger partial charge in [0, 0.05) is 36.4 Å². The lowest BCUT2D eigenvalue weighted by Gasteiger charge is -2.22. The molecule has 0 heterocycles. The molecule has 120 valence electrons. The first-order chi connectivity index (χ1) is 9.53. The Morgan fingerprint density at radius 1 is 1.33 bits per heavy atom. The van der Waals surface area contributed by atoms with Gasteiger partial charge in [-0.25, -0.2) is 0 Å². The summed E-state index contributed by atoms with van der Waals surface area (Å²) in [6.07, 6.45) is 0.0615. The van der Waals surface area contributed by atoms with Gasteiger partial charge in [0.1, 0.15) is 5.75 Å². The number of carbonyl (C=O) groups excluding carboxylic acids is 1. The number of hydrogen-bond donors (Lipinski definition) is 2. The van der Waals surface area contributed by atoms with Crippen LogP contribution in [0.2, 0.25) is 0 Å². The van der Waals surface area contributed by atoms with Gasteiger partial charge in [-0.05, 0) is 26.8 Å². The molecule has 0 aliphatic heterocycles. The number of esters is 1. The number of nitrogens with zero attached hydrogens (tertiary/aromatic N) is 1. The molecule has 0 aliphatic rings. The molecule has 0 unspecified atom stereocenters. The van der Waals surface area contributed by atoms with Gasteiger partial charge in [0.15, 0.2) is 0 Å². The molecular formula is C15H25ClN2O3. The number of benzene rings is 1. The Kier molecular flexibility index (Phi) is 8.81. The highest BCUT2D eigenvalue weighted by molar-refractivity contribution is 5.85. The first kappa shape index (κ1) is 19.5. The van der Waals surface area contributed by atoms with Crippen LogP contribution in [0.3, 0.4) is 0 Å². The van der Waals surface area contributed by atoms with Crippen LogP contribution in [0.5, 0.6) is 5.75 Å². The summed E-state index contributed by atoms with van der Waals surface area (Å²) in [5.74, 6) is -0.238. The van der Waals surface area contributed by atoms with E-state index < -0.39 is 6.04 Å². The van der Waals surface area contributed by atoms with Gasteiger partial charge in [-0.1, -0.05) is 6.07 Å². The number of phenols is 1. The maximum Gasteiger partial charge on any atom is 0.307 e. The molecular weight excluding hydrogens is 292 g/mol. The molecule has 1 aromatic rings. The Hall–Kier alpha value is -1.46. The minimum absolute atomic E-state index is 0. The zero-order chi connectivity index (χ0) is 15.1. The number of anilines is 1. The highest BCUT2D eigenvalue weighted by Gasteiger charge is 2.16. The zero-order valence-electron chi connectivity index (χ0n) is 12.8. The van der Waals surface area contributed by atoms with Crippen molar-refractivity contribution in [3.63, 3.8) is 0 Å². The maximum absolute atomic E-state index is 11.4. The van der Waals surface area contributed by atoms with Crippen LogP contribution in [0.1, 0.15) is 38.8 Å². The van der Waals surface area contributed by atoms with E-state index in [1.165, 1.54) is 0 Å². The van der Waals surface area contributed by atoms with E-state index in [4.69, 9.17) is 10.5 Å². The van der Waals surface area contributed by atoms with Crippen molar-refractivity contribution in [2.24, 2.45) is 5.73 Å². The molecule has 0 spiro atoms. The van der Waals surface area contributed by atoms with Crippen molar-refractivity contribution in [1.29, 1.82) is 0 Å². The quantitative estimate of drug-likeness (QED) is 0.756. The van der Waals surface area contributed by atoms with E-state index in [0.717, 1.165) is 18.8 Å². The Balaban J connectivity index is 0.00000400. The summed E-state index contributed by atoms with van der Waals surface area (Å²) in [6.45, 7) is 7.93. The molecule has 0 bridgehead atoms. The van der Waals surface area contributed by atoms with Gasteiger partial charge in [0.05, 0.1) is 13.0 Å².